The van der Waals surface area contributed by atoms with E-state index < -0.39 is 26.7 Å². The van der Waals surface area contributed by atoms with Crippen LogP contribution in [0.1, 0.15) is 70.4 Å². The molecule has 292 valence electrons. The highest BCUT2D eigenvalue weighted by Gasteiger charge is 2.39. The lowest BCUT2D eigenvalue weighted by Crippen LogP contribution is -2.46. The molecule has 1 aromatic carbocycles. The van der Waals surface area contributed by atoms with Crippen molar-refractivity contribution in [3.05, 3.63) is 35.4 Å². The molecule has 1 fully saturated rings. The molecule has 1 heterocycles. The maximum atomic E-state index is 11.4. The molecule has 0 spiro atoms. The van der Waals surface area contributed by atoms with E-state index in [2.05, 4.69) is 49.2 Å². The van der Waals surface area contributed by atoms with Crippen molar-refractivity contribution < 1.29 is 43.0 Å². The molecular formula is C36H65N5O9Si. The number of nitrogens with zero attached hydrogens (tertiary/aromatic N) is 4. The van der Waals surface area contributed by atoms with Crippen LogP contribution in [0.15, 0.2) is 24.3 Å². The number of aliphatic carboxylic acids is 3. The molecule has 14 nitrogen and oxygen atoms in total. The molecule has 1 aromatic rings. The van der Waals surface area contributed by atoms with E-state index in [0.717, 1.165) is 77.7 Å². The van der Waals surface area contributed by atoms with Gasteiger partial charge in [-0.2, -0.15) is 0 Å². The second-order valence-electron chi connectivity index (χ2n) is 13.0. The van der Waals surface area contributed by atoms with E-state index in [1.165, 1.54) is 11.1 Å². The fourth-order valence-electron chi connectivity index (χ4n) is 6.32. The lowest BCUT2D eigenvalue weighted by atomic mass is 10.1. The summed E-state index contributed by atoms with van der Waals surface area (Å²) in [5.41, 5.74) is 2.41. The number of hydrogen-bond donors (Lipinski definition) is 4. The molecule has 0 bridgehead atoms. The second-order valence-corrected chi connectivity index (χ2v) is 15.8. The van der Waals surface area contributed by atoms with Gasteiger partial charge in [-0.3, -0.25) is 19.3 Å². The normalized spacial score (nSPS) is 16.9. The van der Waals surface area contributed by atoms with E-state index in [1.54, 1.807) is 0 Å². The number of carboxylic acid groups (broad SMARTS) is 3. The van der Waals surface area contributed by atoms with Gasteiger partial charge in [0.1, 0.15) is 0 Å². The van der Waals surface area contributed by atoms with Crippen molar-refractivity contribution in [1.82, 2.24) is 24.9 Å². The lowest BCUT2D eigenvalue weighted by molar-refractivity contribution is -0.138. The molecule has 0 saturated carbocycles. The fraction of sp³-hybridized carbons (Fsp3) is 0.750. The molecule has 0 amide bonds. The van der Waals surface area contributed by atoms with E-state index in [9.17, 15) is 29.7 Å². The monoisotopic (exact) mass is 739 g/mol. The van der Waals surface area contributed by atoms with Crippen LogP contribution in [0, 0.1) is 0 Å². The Labute approximate surface area is 306 Å². The third-order valence-electron chi connectivity index (χ3n) is 8.98. The summed E-state index contributed by atoms with van der Waals surface area (Å²) in [7, 11) is -2.63. The number of benzene rings is 1. The summed E-state index contributed by atoms with van der Waals surface area (Å²) in [6, 6.07) is 9.45. The van der Waals surface area contributed by atoms with E-state index >= 15 is 0 Å². The first kappa shape index (κ1) is 44.7. The first-order valence-corrected chi connectivity index (χ1v) is 20.8. The number of rotatable bonds is 23. The molecule has 1 aliphatic heterocycles. The predicted octanol–water partition coefficient (Wildman–Crippen LogP) is 3.14. The Morgan fingerprint density at radius 1 is 0.627 bits per heavy atom. The van der Waals surface area contributed by atoms with Crippen molar-refractivity contribution >= 4 is 26.7 Å². The van der Waals surface area contributed by atoms with Gasteiger partial charge in [-0.05, 0) is 83.9 Å². The number of nitrogens with one attached hydrogen (secondary N) is 1. The standard InChI is InChI=1S/C36H65N5O9Si/c1-4-48-51(49-5-2,50-6-3)29-7-17-37-30-32-10-12-33(13-11-32)31-41-21-9-20-39(23-15-35(44)45)26-25-38(22-14-34(42)43)18-8-19-40(27-28-41)24-16-36(46)47/h10-13,37H,4-9,14-31H2,1-3H3,(H,42,43)(H,44,45)(H,46,47). The Morgan fingerprint density at radius 3 is 1.43 bits per heavy atom. The SMILES string of the molecule is CCO[Si](CCCNCc1ccc(CN2CCCN(CCC(=O)O)CCN(CCC(=O)O)CCCN(CCC(=O)O)CC2)cc1)(OCC)OCC. The summed E-state index contributed by atoms with van der Waals surface area (Å²) in [5.74, 6) is -2.49. The molecule has 4 N–H and O–H groups in total. The molecule has 0 aliphatic carbocycles. The largest absolute Gasteiger partial charge is 0.500 e. The minimum absolute atomic E-state index is 0.0467. The molecule has 0 atom stereocenters. The summed E-state index contributed by atoms with van der Waals surface area (Å²) in [6.07, 6.45) is 2.73. The molecule has 51 heavy (non-hydrogen) atoms. The van der Waals surface area contributed by atoms with Crippen molar-refractivity contribution in [2.24, 2.45) is 0 Å². The molecule has 15 heteroatoms. The number of hydrogen-bond acceptors (Lipinski definition) is 11. The van der Waals surface area contributed by atoms with E-state index in [4.69, 9.17) is 13.3 Å². The summed E-state index contributed by atoms with van der Waals surface area (Å²) >= 11 is 0. The topological polar surface area (TPSA) is 165 Å². The Balaban J connectivity index is 2.03. The van der Waals surface area contributed by atoms with Crippen molar-refractivity contribution in [1.29, 1.82) is 0 Å². The van der Waals surface area contributed by atoms with Crippen LogP contribution in [-0.4, -0.2) is 160 Å². The summed E-state index contributed by atoms with van der Waals surface area (Å²) < 4.78 is 17.9. The van der Waals surface area contributed by atoms with Gasteiger partial charge >= 0.3 is 26.7 Å². The zero-order valence-electron chi connectivity index (χ0n) is 31.4. The third kappa shape index (κ3) is 20.4. The maximum absolute atomic E-state index is 11.4. The zero-order valence-corrected chi connectivity index (χ0v) is 32.4. The van der Waals surface area contributed by atoms with Crippen LogP contribution in [0.2, 0.25) is 6.04 Å². The van der Waals surface area contributed by atoms with Gasteiger partial charge < -0.3 is 48.6 Å². The Hall–Kier alpha value is -2.47. The van der Waals surface area contributed by atoms with Crippen LogP contribution in [0.25, 0.3) is 0 Å². The first-order chi connectivity index (χ1) is 24.6. The summed E-state index contributed by atoms with van der Waals surface area (Å²) in [5, 5.41) is 31.5. The van der Waals surface area contributed by atoms with Crippen LogP contribution in [0.3, 0.4) is 0 Å². The smallest absolute Gasteiger partial charge is 0.481 e. The van der Waals surface area contributed by atoms with Crippen LogP contribution in [0.5, 0.6) is 0 Å². The average molecular weight is 740 g/mol. The van der Waals surface area contributed by atoms with E-state index in [0.29, 0.717) is 59.1 Å². The molecular weight excluding hydrogens is 675 g/mol. The van der Waals surface area contributed by atoms with Gasteiger partial charge in [0.05, 0.1) is 19.3 Å². The van der Waals surface area contributed by atoms with Gasteiger partial charge in [-0.15, -0.1) is 0 Å². The van der Waals surface area contributed by atoms with Crippen LogP contribution >= 0.6 is 0 Å². The number of carbonyl (C=O) groups is 3. The quantitative estimate of drug-likeness (QED) is 0.0956. The number of carboxylic acids is 3. The lowest BCUT2D eigenvalue weighted by Gasteiger charge is -2.32. The Morgan fingerprint density at radius 2 is 1.02 bits per heavy atom. The highest BCUT2D eigenvalue weighted by atomic mass is 28.4. The highest BCUT2D eigenvalue weighted by molar-refractivity contribution is 6.60. The van der Waals surface area contributed by atoms with Crippen LogP contribution < -0.4 is 5.32 Å². The van der Waals surface area contributed by atoms with Crippen LogP contribution in [-0.2, 0) is 40.8 Å². The van der Waals surface area contributed by atoms with Crippen molar-refractivity contribution in [3.8, 4) is 0 Å². The summed E-state index contributed by atoms with van der Waals surface area (Å²) in [6.45, 7) is 17.2. The second kappa shape index (κ2) is 26.3. The maximum Gasteiger partial charge on any atom is 0.500 e. The van der Waals surface area contributed by atoms with Gasteiger partial charge in [0, 0.05) is 84.8 Å². The van der Waals surface area contributed by atoms with Gasteiger partial charge in [-0.1, -0.05) is 24.3 Å². The molecule has 1 aliphatic rings. The fourth-order valence-corrected chi connectivity index (χ4v) is 8.94. The zero-order chi connectivity index (χ0) is 37.3. The van der Waals surface area contributed by atoms with Crippen molar-refractivity contribution in [2.75, 3.05) is 98.4 Å². The van der Waals surface area contributed by atoms with Crippen molar-refractivity contribution in [3.63, 3.8) is 0 Å². The summed E-state index contributed by atoms with van der Waals surface area (Å²) in [4.78, 5) is 43.0. The Bertz CT molecular complexity index is 1100. The van der Waals surface area contributed by atoms with E-state index in [-0.39, 0.29) is 19.3 Å². The minimum Gasteiger partial charge on any atom is -0.481 e. The molecule has 0 aromatic heterocycles. The van der Waals surface area contributed by atoms with Gasteiger partial charge in [0.2, 0.25) is 0 Å². The predicted molar refractivity (Wildman–Crippen MR) is 199 cm³/mol. The highest BCUT2D eigenvalue weighted by Crippen LogP contribution is 2.18. The third-order valence-corrected chi connectivity index (χ3v) is 12.1. The first-order valence-electron chi connectivity index (χ1n) is 18.8. The van der Waals surface area contributed by atoms with Gasteiger partial charge in [0.25, 0.3) is 0 Å². The van der Waals surface area contributed by atoms with Gasteiger partial charge in [0.15, 0.2) is 0 Å². The van der Waals surface area contributed by atoms with Crippen molar-refractivity contribution in [2.45, 2.75) is 78.4 Å². The molecule has 2 rings (SSSR count). The minimum atomic E-state index is -2.63. The van der Waals surface area contributed by atoms with E-state index in [1.807, 2.05) is 20.8 Å². The Kier molecular flexibility index (Phi) is 23.1. The van der Waals surface area contributed by atoms with Gasteiger partial charge in [-0.25, -0.2) is 0 Å². The molecule has 0 radical (unpaired) electrons. The molecule has 1 saturated heterocycles. The molecule has 0 unspecified atom stereocenters. The van der Waals surface area contributed by atoms with Crippen LogP contribution in [0.4, 0.5) is 0 Å². The average Bonchev–Trinajstić information content (AvgIpc) is 3.08.